The molecule has 6 nitrogen and oxygen atoms in total. The lowest BCUT2D eigenvalue weighted by Gasteiger charge is -2.32. The predicted molar refractivity (Wildman–Crippen MR) is 94.2 cm³/mol. The Labute approximate surface area is 147 Å². The second-order valence-corrected chi connectivity index (χ2v) is 6.10. The van der Waals surface area contributed by atoms with Crippen LogP contribution in [0, 0.1) is 5.92 Å². The summed E-state index contributed by atoms with van der Waals surface area (Å²) in [6.07, 6.45) is 4.92. The van der Waals surface area contributed by atoms with Gasteiger partial charge in [-0.1, -0.05) is 12.1 Å². The molecule has 2 amide bonds. The van der Waals surface area contributed by atoms with Gasteiger partial charge in [-0.2, -0.15) is 0 Å². The van der Waals surface area contributed by atoms with Gasteiger partial charge < -0.3 is 15.0 Å². The van der Waals surface area contributed by atoms with Gasteiger partial charge in [0.1, 0.15) is 5.75 Å². The van der Waals surface area contributed by atoms with Crippen molar-refractivity contribution < 1.29 is 19.1 Å². The van der Waals surface area contributed by atoms with Gasteiger partial charge in [0.05, 0.1) is 0 Å². The summed E-state index contributed by atoms with van der Waals surface area (Å²) in [4.78, 5) is 36.9. The molecule has 0 bridgehead atoms. The van der Waals surface area contributed by atoms with Crippen LogP contribution in [0.4, 0.5) is 0 Å². The molecule has 0 aliphatic carbocycles. The van der Waals surface area contributed by atoms with Crippen molar-refractivity contribution in [3.63, 3.8) is 0 Å². The fourth-order valence-corrected chi connectivity index (χ4v) is 2.84. The van der Waals surface area contributed by atoms with Crippen LogP contribution in [-0.4, -0.2) is 42.3 Å². The van der Waals surface area contributed by atoms with Crippen LogP contribution in [0.1, 0.15) is 37.0 Å². The number of rotatable bonds is 5. The lowest BCUT2D eigenvalue weighted by atomic mass is 9.96. The number of ether oxygens (including phenoxy) is 1. The molecule has 0 atom stereocenters. The van der Waals surface area contributed by atoms with E-state index >= 15 is 0 Å². The van der Waals surface area contributed by atoms with Gasteiger partial charge in [0.2, 0.25) is 5.91 Å². The van der Waals surface area contributed by atoms with Gasteiger partial charge in [0.25, 0.3) is 5.91 Å². The van der Waals surface area contributed by atoms with Gasteiger partial charge in [-0.3, -0.25) is 14.4 Å². The number of allylic oxidation sites excluding steroid dienone is 1. The number of likely N-dealkylation sites (tertiary alicyclic amines) is 1. The van der Waals surface area contributed by atoms with E-state index in [9.17, 15) is 14.4 Å². The maximum Gasteiger partial charge on any atom is 0.308 e. The van der Waals surface area contributed by atoms with Crippen molar-refractivity contribution in [1.82, 2.24) is 10.2 Å². The van der Waals surface area contributed by atoms with Gasteiger partial charge in [-0.15, -0.1) is 0 Å². The third-order valence-electron chi connectivity index (χ3n) is 4.13. The molecule has 134 valence electrons. The Morgan fingerprint density at radius 2 is 2.00 bits per heavy atom. The molecule has 0 unspecified atom stereocenters. The first kappa shape index (κ1) is 18.7. The molecule has 1 aromatic rings. The Balaban J connectivity index is 1.87. The number of amides is 2. The van der Waals surface area contributed by atoms with Crippen molar-refractivity contribution in [2.45, 2.75) is 26.7 Å². The smallest absolute Gasteiger partial charge is 0.308 e. The molecule has 0 aromatic heterocycles. The van der Waals surface area contributed by atoms with Crippen molar-refractivity contribution >= 4 is 17.8 Å². The maximum absolute atomic E-state index is 12.6. The van der Waals surface area contributed by atoms with E-state index in [0.717, 1.165) is 12.8 Å². The van der Waals surface area contributed by atoms with Crippen LogP contribution in [0.25, 0.3) is 0 Å². The Morgan fingerprint density at radius 1 is 1.28 bits per heavy atom. The van der Waals surface area contributed by atoms with Gasteiger partial charge in [0.15, 0.2) is 0 Å². The number of nitrogens with one attached hydrogen (secondary N) is 1. The Morgan fingerprint density at radius 3 is 2.64 bits per heavy atom. The topological polar surface area (TPSA) is 75.7 Å². The Hall–Kier alpha value is -2.63. The molecule has 0 radical (unpaired) electrons. The monoisotopic (exact) mass is 344 g/mol. The molecule has 1 aromatic carbocycles. The minimum Gasteiger partial charge on any atom is -0.427 e. The standard InChI is InChI=1S/C19H24N2O4/c1-3-5-18(23)20-13-15-8-10-21(11-9-15)19(24)16-6-4-7-17(12-16)25-14(2)22/h3-7,12,15H,8-11,13H2,1-2H3,(H,20,23)/b5-3+. The van der Waals surface area contributed by atoms with Crippen LogP contribution in [0.5, 0.6) is 5.75 Å². The minimum absolute atomic E-state index is 0.0644. The molecule has 1 N–H and O–H groups in total. The van der Waals surface area contributed by atoms with Crippen LogP contribution in [0.15, 0.2) is 36.4 Å². The lowest BCUT2D eigenvalue weighted by molar-refractivity contribution is -0.131. The highest BCUT2D eigenvalue weighted by molar-refractivity contribution is 5.94. The summed E-state index contributed by atoms with van der Waals surface area (Å²) >= 11 is 0. The molecule has 6 heteroatoms. The number of carbonyl (C=O) groups excluding carboxylic acids is 3. The first-order valence-corrected chi connectivity index (χ1v) is 8.48. The minimum atomic E-state index is -0.412. The number of esters is 1. The van der Waals surface area contributed by atoms with Crippen molar-refractivity contribution in [2.75, 3.05) is 19.6 Å². The first-order valence-electron chi connectivity index (χ1n) is 8.48. The molecule has 1 saturated heterocycles. The second-order valence-electron chi connectivity index (χ2n) is 6.10. The highest BCUT2D eigenvalue weighted by Crippen LogP contribution is 2.20. The van der Waals surface area contributed by atoms with E-state index in [2.05, 4.69) is 5.32 Å². The number of benzene rings is 1. The molecule has 0 saturated carbocycles. The van der Waals surface area contributed by atoms with Gasteiger partial charge in [-0.05, 0) is 50.0 Å². The summed E-state index contributed by atoms with van der Waals surface area (Å²) < 4.78 is 5.03. The quantitative estimate of drug-likeness (QED) is 0.504. The van der Waals surface area contributed by atoms with Gasteiger partial charge in [-0.25, -0.2) is 0 Å². The van der Waals surface area contributed by atoms with Crippen molar-refractivity contribution in [3.05, 3.63) is 42.0 Å². The van der Waals surface area contributed by atoms with Gasteiger partial charge in [0, 0.05) is 32.1 Å². The largest absolute Gasteiger partial charge is 0.427 e. The molecule has 1 aliphatic rings. The third kappa shape index (κ3) is 5.74. The van der Waals surface area contributed by atoms with E-state index in [1.54, 1.807) is 42.2 Å². The summed E-state index contributed by atoms with van der Waals surface area (Å²) in [5, 5.41) is 2.88. The van der Waals surface area contributed by atoms with Crippen molar-refractivity contribution in [3.8, 4) is 5.75 Å². The Kier molecular flexibility index (Phi) is 6.74. The second kappa shape index (κ2) is 9.01. The van der Waals surface area contributed by atoms with Crippen LogP contribution in [0.2, 0.25) is 0 Å². The molecular weight excluding hydrogens is 320 g/mol. The average Bonchev–Trinajstić information content (AvgIpc) is 2.60. The number of hydrogen-bond acceptors (Lipinski definition) is 4. The van der Waals surface area contributed by atoms with E-state index in [1.807, 2.05) is 0 Å². The van der Waals surface area contributed by atoms with E-state index in [1.165, 1.54) is 13.0 Å². The van der Waals surface area contributed by atoms with Crippen LogP contribution in [0.3, 0.4) is 0 Å². The summed E-state index contributed by atoms with van der Waals surface area (Å²) in [5.41, 5.74) is 0.513. The normalized spacial score (nSPS) is 15.2. The van der Waals surface area contributed by atoms with E-state index in [-0.39, 0.29) is 11.8 Å². The zero-order chi connectivity index (χ0) is 18.2. The lowest BCUT2D eigenvalue weighted by Crippen LogP contribution is -2.41. The highest BCUT2D eigenvalue weighted by Gasteiger charge is 2.24. The predicted octanol–water partition coefficient (Wildman–Crippen LogP) is 2.16. The fraction of sp³-hybridized carbons (Fsp3) is 0.421. The van der Waals surface area contributed by atoms with E-state index in [4.69, 9.17) is 4.74 Å². The number of carbonyl (C=O) groups is 3. The SMILES string of the molecule is C/C=C/C(=O)NCC1CCN(C(=O)c2cccc(OC(C)=O)c2)CC1. The summed E-state index contributed by atoms with van der Waals surface area (Å²) in [6.45, 7) is 5.07. The average molecular weight is 344 g/mol. The summed E-state index contributed by atoms with van der Waals surface area (Å²) in [5.74, 6) is 0.199. The van der Waals surface area contributed by atoms with Gasteiger partial charge >= 0.3 is 5.97 Å². The molecular formula is C19H24N2O4. The molecule has 1 heterocycles. The highest BCUT2D eigenvalue weighted by atomic mass is 16.5. The molecule has 25 heavy (non-hydrogen) atoms. The molecule has 2 rings (SSSR count). The number of hydrogen-bond donors (Lipinski definition) is 1. The van der Waals surface area contributed by atoms with E-state index in [0.29, 0.717) is 36.9 Å². The first-order chi connectivity index (χ1) is 12.0. The van der Waals surface area contributed by atoms with Crippen molar-refractivity contribution in [2.24, 2.45) is 5.92 Å². The molecule has 0 spiro atoms. The third-order valence-corrected chi connectivity index (χ3v) is 4.13. The molecule has 1 aliphatic heterocycles. The van der Waals surface area contributed by atoms with E-state index < -0.39 is 5.97 Å². The summed E-state index contributed by atoms with van der Waals surface area (Å²) in [7, 11) is 0. The van der Waals surface area contributed by atoms with Crippen LogP contribution in [-0.2, 0) is 9.59 Å². The zero-order valence-corrected chi connectivity index (χ0v) is 14.7. The summed E-state index contributed by atoms with van der Waals surface area (Å²) in [6, 6.07) is 6.67. The van der Waals surface area contributed by atoms with Crippen LogP contribution >= 0.6 is 0 Å². The zero-order valence-electron chi connectivity index (χ0n) is 14.7. The number of nitrogens with zero attached hydrogens (tertiary/aromatic N) is 1. The fourth-order valence-electron chi connectivity index (χ4n) is 2.84. The van der Waals surface area contributed by atoms with Crippen molar-refractivity contribution in [1.29, 1.82) is 0 Å². The number of piperidine rings is 1. The maximum atomic E-state index is 12.6. The Bertz CT molecular complexity index is 661. The molecule has 1 fully saturated rings. The van der Waals surface area contributed by atoms with Crippen LogP contribution < -0.4 is 10.1 Å².